The van der Waals surface area contributed by atoms with Crippen molar-refractivity contribution in [3.63, 3.8) is 0 Å². The minimum Gasteiger partial charge on any atom is -0.494 e. The fraction of sp³-hybridized carbons (Fsp3) is 0.188. The van der Waals surface area contributed by atoms with E-state index in [9.17, 15) is 9.59 Å². The van der Waals surface area contributed by atoms with Gasteiger partial charge in [-0.15, -0.1) is 0 Å². The lowest BCUT2D eigenvalue weighted by Crippen LogP contribution is -2.31. The van der Waals surface area contributed by atoms with E-state index in [1.807, 2.05) is 12.1 Å². The van der Waals surface area contributed by atoms with E-state index in [1.54, 1.807) is 24.4 Å². The summed E-state index contributed by atoms with van der Waals surface area (Å²) in [5.41, 5.74) is 1.70. The van der Waals surface area contributed by atoms with E-state index in [0.717, 1.165) is 11.1 Å². The normalized spacial score (nSPS) is 10.0. The molecule has 6 nitrogen and oxygen atoms in total. The van der Waals surface area contributed by atoms with Crippen LogP contribution in [0, 0.1) is 0 Å². The molecule has 120 valence electrons. The van der Waals surface area contributed by atoms with Crippen molar-refractivity contribution < 1.29 is 19.1 Å². The van der Waals surface area contributed by atoms with Crippen molar-refractivity contribution in [2.45, 2.75) is 0 Å². The van der Waals surface area contributed by atoms with Crippen molar-refractivity contribution in [3.8, 4) is 16.9 Å². The summed E-state index contributed by atoms with van der Waals surface area (Å²) in [6.07, 6.45) is 1.54. The quantitative estimate of drug-likeness (QED) is 0.849. The van der Waals surface area contributed by atoms with Gasteiger partial charge in [0.2, 0.25) is 0 Å². The molecule has 1 N–H and O–H groups in total. The van der Waals surface area contributed by atoms with Gasteiger partial charge in [0, 0.05) is 16.8 Å². The molecule has 0 saturated heterocycles. The zero-order chi connectivity index (χ0) is 16.8. The number of methoxy groups -OCH3 is 2. The molecular formula is C16H15ClN2O4. The number of nitrogens with one attached hydrogen (secondary N) is 1. The van der Waals surface area contributed by atoms with Gasteiger partial charge in [-0.2, -0.15) is 0 Å². The Morgan fingerprint density at radius 2 is 2.00 bits per heavy atom. The molecule has 2 aromatic rings. The van der Waals surface area contributed by atoms with Crippen LogP contribution >= 0.6 is 11.6 Å². The summed E-state index contributed by atoms with van der Waals surface area (Å²) in [5.74, 6) is -0.775. The number of hydrogen-bond donors (Lipinski definition) is 1. The third-order valence-corrected chi connectivity index (χ3v) is 3.30. The van der Waals surface area contributed by atoms with Crippen LogP contribution in [0.1, 0.15) is 10.5 Å². The molecule has 0 atom stereocenters. The lowest BCUT2D eigenvalue weighted by atomic mass is 10.1. The van der Waals surface area contributed by atoms with E-state index in [-0.39, 0.29) is 12.2 Å². The van der Waals surface area contributed by atoms with Gasteiger partial charge in [0.15, 0.2) is 11.4 Å². The summed E-state index contributed by atoms with van der Waals surface area (Å²) in [6, 6.07) is 8.94. The minimum absolute atomic E-state index is 0.0854. The Morgan fingerprint density at radius 1 is 1.22 bits per heavy atom. The maximum absolute atomic E-state index is 12.1. The molecule has 23 heavy (non-hydrogen) atoms. The van der Waals surface area contributed by atoms with Crippen molar-refractivity contribution in [1.82, 2.24) is 10.3 Å². The summed E-state index contributed by atoms with van der Waals surface area (Å²) in [7, 11) is 2.68. The first-order chi connectivity index (χ1) is 11.0. The van der Waals surface area contributed by atoms with Gasteiger partial charge in [0.05, 0.1) is 14.2 Å². The Balaban J connectivity index is 2.26. The second kappa shape index (κ2) is 7.60. The van der Waals surface area contributed by atoms with Crippen molar-refractivity contribution in [2.24, 2.45) is 0 Å². The van der Waals surface area contributed by atoms with E-state index in [0.29, 0.717) is 10.8 Å². The predicted octanol–water partition coefficient (Wildman–Crippen LogP) is 2.31. The van der Waals surface area contributed by atoms with Gasteiger partial charge in [0.25, 0.3) is 5.91 Å². The van der Waals surface area contributed by atoms with Gasteiger partial charge < -0.3 is 14.8 Å². The molecule has 0 saturated carbocycles. The molecule has 1 aromatic carbocycles. The molecule has 0 bridgehead atoms. The SMILES string of the molecule is COC(=O)CNC(=O)c1ncc(-c2cccc(Cl)c2)cc1OC. The Hall–Kier alpha value is -2.60. The summed E-state index contributed by atoms with van der Waals surface area (Å²) in [5, 5.41) is 3.01. The molecule has 0 fully saturated rings. The molecule has 0 spiro atoms. The topological polar surface area (TPSA) is 77.5 Å². The second-order valence-electron chi connectivity index (χ2n) is 4.54. The zero-order valence-corrected chi connectivity index (χ0v) is 13.4. The highest BCUT2D eigenvalue weighted by Gasteiger charge is 2.16. The van der Waals surface area contributed by atoms with E-state index in [2.05, 4.69) is 15.0 Å². The molecule has 0 aliphatic carbocycles. The highest BCUT2D eigenvalue weighted by Crippen LogP contribution is 2.27. The standard InChI is InChI=1S/C16H15ClN2O4/c1-22-13-7-11(10-4-3-5-12(17)6-10)8-18-15(13)16(21)19-9-14(20)23-2/h3-8H,9H2,1-2H3,(H,19,21). The van der Waals surface area contributed by atoms with E-state index < -0.39 is 11.9 Å². The molecule has 0 aliphatic heterocycles. The van der Waals surface area contributed by atoms with Crippen LogP contribution in [0.3, 0.4) is 0 Å². The van der Waals surface area contributed by atoms with Gasteiger partial charge in [-0.3, -0.25) is 9.59 Å². The minimum atomic E-state index is -0.548. The number of amides is 1. The van der Waals surface area contributed by atoms with Crippen molar-refractivity contribution >= 4 is 23.5 Å². The summed E-state index contributed by atoms with van der Waals surface area (Å²) >= 11 is 5.98. The first-order valence-corrected chi connectivity index (χ1v) is 7.08. The van der Waals surface area contributed by atoms with Crippen LogP contribution < -0.4 is 10.1 Å². The van der Waals surface area contributed by atoms with Crippen LogP contribution in [0.4, 0.5) is 0 Å². The van der Waals surface area contributed by atoms with Gasteiger partial charge in [-0.05, 0) is 23.8 Å². The smallest absolute Gasteiger partial charge is 0.325 e. The average Bonchev–Trinajstić information content (AvgIpc) is 2.58. The van der Waals surface area contributed by atoms with Crippen LogP contribution in [-0.2, 0) is 9.53 Å². The van der Waals surface area contributed by atoms with Crippen LogP contribution in [-0.4, -0.2) is 37.6 Å². The fourth-order valence-corrected chi connectivity index (χ4v) is 2.10. The van der Waals surface area contributed by atoms with Crippen LogP contribution in [0.5, 0.6) is 5.75 Å². The average molecular weight is 335 g/mol. The number of carbonyl (C=O) groups is 2. The Bertz CT molecular complexity index is 734. The summed E-state index contributed by atoms with van der Waals surface area (Å²) in [4.78, 5) is 27.3. The molecule has 0 unspecified atom stereocenters. The Labute approximate surface area is 138 Å². The molecule has 2 rings (SSSR count). The Kier molecular flexibility index (Phi) is 5.54. The summed E-state index contributed by atoms with van der Waals surface area (Å²) in [6.45, 7) is -0.240. The van der Waals surface area contributed by atoms with Crippen LogP contribution in [0.2, 0.25) is 5.02 Å². The predicted molar refractivity (Wildman–Crippen MR) is 85.6 cm³/mol. The first-order valence-electron chi connectivity index (χ1n) is 6.70. The maximum atomic E-state index is 12.1. The molecule has 7 heteroatoms. The summed E-state index contributed by atoms with van der Waals surface area (Å²) < 4.78 is 9.68. The second-order valence-corrected chi connectivity index (χ2v) is 4.98. The van der Waals surface area contributed by atoms with Crippen molar-refractivity contribution in [2.75, 3.05) is 20.8 Å². The number of ether oxygens (including phenoxy) is 2. The number of carbonyl (C=O) groups excluding carboxylic acids is 2. The van der Waals surface area contributed by atoms with Crippen molar-refractivity contribution in [3.05, 3.63) is 47.2 Å². The largest absolute Gasteiger partial charge is 0.494 e. The van der Waals surface area contributed by atoms with Gasteiger partial charge in [-0.25, -0.2) is 4.98 Å². The highest BCUT2D eigenvalue weighted by molar-refractivity contribution is 6.30. The maximum Gasteiger partial charge on any atom is 0.325 e. The van der Waals surface area contributed by atoms with E-state index in [1.165, 1.54) is 14.2 Å². The number of benzene rings is 1. The number of rotatable bonds is 5. The molecule has 0 radical (unpaired) electrons. The van der Waals surface area contributed by atoms with Gasteiger partial charge in [0.1, 0.15) is 6.54 Å². The van der Waals surface area contributed by atoms with Crippen molar-refractivity contribution in [1.29, 1.82) is 0 Å². The van der Waals surface area contributed by atoms with Crippen LogP contribution in [0.15, 0.2) is 36.5 Å². The third kappa shape index (κ3) is 4.20. The lowest BCUT2D eigenvalue weighted by molar-refractivity contribution is -0.139. The molecule has 1 aromatic heterocycles. The lowest BCUT2D eigenvalue weighted by Gasteiger charge is -2.10. The molecule has 1 heterocycles. The molecular weight excluding hydrogens is 320 g/mol. The number of esters is 1. The Morgan fingerprint density at radius 3 is 2.65 bits per heavy atom. The first kappa shape index (κ1) is 16.8. The monoisotopic (exact) mass is 334 g/mol. The molecule has 1 amide bonds. The number of pyridine rings is 1. The van der Waals surface area contributed by atoms with E-state index in [4.69, 9.17) is 16.3 Å². The number of hydrogen-bond acceptors (Lipinski definition) is 5. The molecule has 0 aliphatic rings. The number of nitrogens with zero attached hydrogens (tertiary/aromatic N) is 1. The number of halogens is 1. The van der Waals surface area contributed by atoms with Gasteiger partial charge >= 0.3 is 5.97 Å². The van der Waals surface area contributed by atoms with Gasteiger partial charge in [-0.1, -0.05) is 23.7 Å². The zero-order valence-electron chi connectivity index (χ0n) is 12.6. The van der Waals surface area contributed by atoms with Crippen LogP contribution in [0.25, 0.3) is 11.1 Å². The number of aromatic nitrogens is 1. The fourth-order valence-electron chi connectivity index (χ4n) is 1.90. The van der Waals surface area contributed by atoms with E-state index >= 15 is 0 Å². The highest BCUT2D eigenvalue weighted by atomic mass is 35.5. The third-order valence-electron chi connectivity index (χ3n) is 3.07.